The predicted molar refractivity (Wildman–Crippen MR) is 139 cm³/mol. The van der Waals surface area contributed by atoms with Crippen molar-refractivity contribution in [1.29, 1.82) is 0 Å². The zero-order valence-corrected chi connectivity index (χ0v) is 22.6. The van der Waals surface area contributed by atoms with Crippen LogP contribution in [0.2, 0.25) is 0 Å². The first kappa shape index (κ1) is 27.2. The fraction of sp³-hybridized carbons (Fsp3) is 0.655. The summed E-state index contributed by atoms with van der Waals surface area (Å²) in [5, 5.41) is 31.2. The zero-order valence-electron chi connectivity index (χ0n) is 21.8. The van der Waals surface area contributed by atoms with E-state index < -0.39 is 29.0 Å². The van der Waals surface area contributed by atoms with Crippen molar-refractivity contribution < 1.29 is 29.6 Å². The largest absolute Gasteiger partial charge is 0.507 e. The van der Waals surface area contributed by atoms with E-state index >= 15 is 0 Å². The number of aromatic hydroxyl groups is 1. The molecule has 0 heterocycles. The van der Waals surface area contributed by atoms with Crippen LogP contribution in [-0.2, 0) is 20.9 Å². The molecule has 1 aromatic rings. The Morgan fingerprint density at radius 1 is 1.28 bits per heavy atom. The molecule has 3 saturated carbocycles. The van der Waals surface area contributed by atoms with E-state index in [4.69, 9.17) is 4.74 Å². The maximum Gasteiger partial charge on any atom is 0.316 e. The van der Waals surface area contributed by atoms with Crippen LogP contribution in [0, 0.1) is 34.0 Å². The number of carbonyl (C=O) groups is 2. The summed E-state index contributed by atoms with van der Waals surface area (Å²) < 4.78 is 6.24. The highest BCUT2D eigenvalue weighted by molar-refractivity contribution is 8.00. The maximum atomic E-state index is 13.5. The summed E-state index contributed by atoms with van der Waals surface area (Å²) in [6, 6.07) is 4.79. The highest BCUT2D eigenvalue weighted by Crippen LogP contribution is 2.68. The normalized spacial score (nSPS) is 40.2. The van der Waals surface area contributed by atoms with Gasteiger partial charge in [-0.15, -0.1) is 18.3 Å². The second kappa shape index (κ2) is 9.80. The van der Waals surface area contributed by atoms with E-state index in [0.29, 0.717) is 23.3 Å². The first-order chi connectivity index (χ1) is 16.9. The number of aliphatic hydroxyl groups is 2. The molecule has 7 heteroatoms. The third kappa shape index (κ3) is 4.21. The topological polar surface area (TPSA) is 104 Å². The van der Waals surface area contributed by atoms with Gasteiger partial charge in [-0.05, 0) is 60.6 Å². The Balaban J connectivity index is 1.67. The summed E-state index contributed by atoms with van der Waals surface area (Å²) in [6.45, 7) is 12.2. The minimum absolute atomic E-state index is 0.0169. The summed E-state index contributed by atoms with van der Waals surface area (Å²) in [4.78, 5) is 27.2. The van der Waals surface area contributed by atoms with Gasteiger partial charge < -0.3 is 20.1 Å². The third-order valence-electron chi connectivity index (χ3n) is 10.1. The molecule has 0 aromatic heterocycles. The number of ketones is 1. The van der Waals surface area contributed by atoms with Crippen LogP contribution in [0.15, 0.2) is 35.7 Å². The van der Waals surface area contributed by atoms with Crippen molar-refractivity contribution in [2.24, 2.45) is 34.0 Å². The number of rotatable bonds is 6. The average Bonchev–Trinajstić information content (AvgIpc) is 3.22. The van der Waals surface area contributed by atoms with Gasteiger partial charge in [-0.2, -0.15) is 0 Å². The first-order valence-electron chi connectivity index (χ1n) is 13.0. The molecule has 36 heavy (non-hydrogen) atoms. The van der Waals surface area contributed by atoms with Gasteiger partial charge in [0.2, 0.25) is 0 Å². The van der Waals surface area contributed by atoms with Crippen LogP contribution in [0.5, 0.6) is 5.75 Å². The van der Waals surface area contributed by atoms with Crippen LogP contribution < -0.4 is 0 Å². The van der Waals surface area contributed by atoms with Crippen LogP contribution in [0.4, 0.5) is 0 Å². The van der Waals surface area contributed by atoms with Crippen molar-refractivity contribution in [1.82, 2.24) is 0 Å². The van der Waals surface area contributed by atoms with Gasteiger partial charge in [0, 0.05) is 23.2 Å². The number of Topliss-reactive ketones (excluding diaryl/α,β-unsaturated/α-hetero) is 1. The van der Waals surface area contributed by atoms with E-state index in [2.05, 4.69) is 27.4 Å². The minimum atomic E-state index is -0.699. The maximum absolute atomic E-state index is 13.5. The summed E-state index contributed by atoms with van der Waals surface area (Å²) in [7, 11) is 0. The SMILES string of the molecule is C=C[C@]1(C)C[C@@H](OC(=O)CSc2cc(CO)ccc2O)[C@]2(C)C(C)CCC3(CCC(=O)C32)[C@@H](C)[C@@H]1O. The van der Waals surface area contributed by atoms with E-state index in [0.717, 1.165) is 31.0 Å². The van der Waals surface area contributed by atoms with E-state index in [1.807, 2.05) is 6.92 Å². The molecule has 0 spiro atoms. The Hall–Kier alpha value is -1.83. The van der Waals surface area contributed by atoms with Gasteiger partial charge in [0.25, 0.3) is 0 Å². The summed E-state index contributed by atoms with van der Waals surface area (Å²) >= 11 is 1.16. The molecule has 8 atom stereocenters. The van der Waals surface area contributed by atoms with Crippen LogP contribution in [0.1, 0.15) is 65.4 Å². The number of benzene rings is 1. The molecule has 4 rings (SSSR count). The average molecular weight is 517 g/mol. The number of thioether (sulfide) groups is 1. The van der Waals surface area contributed by atoms with Gasteiger partial charge in [-0.3, -0.25) is 9.59 Å². The van der Waals surface area contributed by atoms with Crippen molar-refractivity contribution >= 4 is 23.5 Å². The Morgan fingerprint density at radius 3 is 2.67 bits per heavy atom. The monoisotopic (exact) mass is 516 g/mol. The van der Waals surface area contributed by atoms with Crippen molar-refractivity contribution in [2.45, 2.75) is 83.5 Å². The standard InChI is InChI=1S/C29H40O6S/c1-6-27(4)14-23(35-24(33)16-36-22-13-19(15-30)7-8-20(22)31)28(5)17(2)9-11-29(18(3)26(27)34)12-10-21(32)25(28)29/h6-8,13,17-18,23,25-26,30-31,34H,1,9-12,14-16H2,2-5H3/t17?,18-,23+,25?,26-,27+,28-,29?/m0/s1. The highest BCUT2D eigenvalue weighted by atomic mass is 32.2. The molecular formula is C29H40O6S. The molecule has 0 saturated heterocycles. The molecule has 6 nitrogen and oxygen atoms in total. The van der Waals surface area contributed by atoms with Crippen molar-refractivity contribution in [3.05, 3.63) is 36.4 Å². The molecule has 3 unspecified atom stereocenters. The number of hydrogen-bond acceptors (Lipinski definition) is 7. The molecule has 198 valence electrons. The lowest BCUT2D eigenvalue weighted by atomic mass is 9.44. The molecule has 0 radical (unpaired) electrons. The smallest absolute Gasteiger partial charge is 0.316 e. The number of ether oxygens (including phenoxy) is 1. The van der Waals surface area contributed by atoms with Gasteiger partial charge >= 0.3 is 5.97 Å². The van der Waals surface area contributed by atoms with Gasteiger partial charge in [-0.1, -0.05) is 39.8 Å². The Bertz CT molecular complexity index is 1040. The van der Waals surface area contributed by atoms with Crippen LogP contribution >= 0.6 is 11.8 Å². The van der Waals surface area contributed by atoms with Gasteiger partial charge in [0.1, 0.15) is 17.6 Å². The van der Waals surface area contributed by atoms with Gasteiger partial charge in [-0.25, -0.2) is 0 Å². The van der Waals surface area contributed by atoms with Crippen LogP contribution in [-0.4, -0.2) is 45.0 Å². The van der Waals surface area contributed by atoms with Crippen LogP contribution in [0.3, 0.4) is 0 Å². The minimum Gasteiger partial charge on any atom is -0.507 e. The number of phenols is 1. The fourth-order valence-corrected chi connectivity index (χ4v) is 8.40. The molecule has 1 aromatic carbocycles. The Kier molecular flexibility index (Phi) is 7.41. The number of phenolic OH excluding ortho intramolecular Hbond substituents is 1. The van der Waals surface area contributed by atoms with E-state index in [-0.39, 0.29) is 47.1 Å². The van der Waals surface area contributed by atoms with E-state index in [9.17, 15) is 24.9 Å². The van der Waals surface area contributed by atoms with Crippen molar-refractivity contribution in [3.63, 3.8) is 0 Å². The molecule has 2 bridgehead atoms. The molecule has 3 aliphatic rings. The van der Waals surface area contributed by atoms with Crippen molar-refractivity contribution in [2.75, 3.05) is 5.75 Å². The van der Waals surface area contributed by atoms with Crippen LogP contribution in [0.25, 0.3) is 0 Å². The Labute approximate surface area is 218 Å². The zero-order chi connectivity index (χ0) is 26.5. The lowest BCUT2D eigenvalue weighted by Crippen LogP contribution is -2.63. The number of esters is 1. The van der Waals surface area contributed by atoms with Gasteiger partial charge in [0.05, 0.1) is 23.4 Å². The second-order valence-corrected chi connectivity index (χ2v) is 12.8. The summed E-state index contributed by atoms with van der Waals surface area (Å²) in [6.07, 6.45) is 4.01. The van der Waals surface area contributed by atoms with Crippen molar-refractivity contribution in [3.8, 4) is 5.75 Å². The lowest BCUT2D eigenvalue weighted by Gasteiger charge is -2.61. The second-order valence-electron chi connectivity index (χ2n) is 11.8. The summed E-state index contributed by atoms with van der Waals surface area (Å²) in [5.74, 6) is -0.334. The molecule has 3 N–H and O–H groups in total. The molecule has 3 aliphatic carbocycles. The molecule has 0 aliphatic heterocycles. The highest BCUT2D eigenvalue weighted by Gasteiger charge is 2.68. The predicted octanol–water partition coefficient (Wildman–Crippen LogP) is 4.88. The molecular weight excluding hydrogens is 476 g/mol. The summed E-state index contributed by atoms with van der Waals surface area (Å²) in [5.41, 5.74) is -0.886. The number of hydrogen-bond donors (Lipinski definition) is 3. The van der Waals surface area contributed by atoms with E-state index in [1.165, 1.54) is 6.07 Å². The fourth-order valence-electron chi connectivity index (χ4n) is 7.60. The van der Waals surface area contributed by atoms with E-state index in [1.54, 1.807) is 18.2 Å². The third-order valence-corrected chi connectivity index (χ3v) is 11.1. The molecule has 3 fully saturated rings. The first-order valence-corrected chi connectivity index (χ1v) is 14.0. The molecule has 0 amide bonds. The van der Waals surface area contributed by atoms with Gasteiger partial charge in [0.15, 0.2) is 0 Å². The Morgan fingerprint density at radius 2 is 2.00 bits per heavy atom. The quantitative estimate of drug-likeness (QED) is 0.281. The number of carbonyl (C=O) groups excluding carboxylic acids is 2. The number of aliphatic hydroxyl groups excluding tert-OH is 2. The lowest BCUT2D eigenvalue weighted by molar-refractivity contribution is -0.205.